The quantitative estimate of drug-likeness (QED) is 0.659. The summed E-state index contributed by atoms with van der Waals surface area (Å²) in [5, 5.41) is 3.46. The van der Waals surface area contributed by atoms with Gasteiger partial charge < -0.3 is 10.1 Å². The van der Waals surface area contributed by atoms with Crippen molar-refractivity contribution in [3.63, 3.8) is 0 Å². The van der Waals surface area contributed by atoms with E-state index in [1.807, 2.05) is 6.92 Å². The first-order valence-electron chi connectivity index (χ1n) is 7.00. The van der Waals surface area contributed by atoms with Gasteiger partial charge in [0.05, 0.1) is 6.10 Å². The van der Waals surface area contributed by atoms with Gasteiger partial charge in [-0.25, -0.2) is 8.42 Å². The van der Waals surface area contributed by atoms with Crippen LogP contribution in [0.3, 0.4) is 0 Å². The SMILES string of the molecule is CCNC(CCCS(C)(=O)=O)C(OCC)C1CC1. The van der Waals surface area contributed by atoms with Crippen molar-refractivity contribution in [2.45, 2.75) is 51.7 Å². The summed E-state index contributed by atoms with van der Waals surface area (Å²) in [5.41, 5.74) is 0. The van der Waals surface area contributed by atoms with Gasteiger partial charge in [-0.2, -0.15) is 0 Å². The molecule has 1 fully saturated rings. The lowest BCUT2D eigenvalue weighted by Gasteiger charge is -2.27. The molecule has 1 aliphatic rings. The Morgan fingerprint density at radius 3 is 2.44 bits per heavy atom. The van der Waals surface area contributed by atoms with E-state index in [1.165, 1.54) is 19.1 Å². The fourth-order valence-corrected chi connectivity index (χ4v) is 3.10. The van der Waals surface area contributed by atoms with E-state index in [0.29, 0.717) is 18.4 Å². The van der Waals surface area contributed by atoms with Gasteiger partial charge >= 0.3 is 0 Å². The monoisotopic (exact) mass is 277 g/mol. The molecule has 1 aliphatic carbocycles. The smallest absolute Gasteiger partial charge is 0.147 e. The molecular weight excluding hydrogens is 250 g/mol. The van der Waals surface area contributed by atoms with E-state index in [9.17, 15) is 8.42 Å². The Bertz CT molecular complexity index is 325. The molecule has 1 saturated carbocycles. The Kier molecular flexibility index (Phi) is 6.60. The highest BCUT2D eigenvalue weighted by atomic mass is 32.2. The predicted molar refractivity (Wildman–Crippen MR) is 74.5 cm³/mol. The van der Waals surface area contributed by atoms with Crippen molar-refractivity contribution in [1.82, 2.24) is 5.32 Å². The van der Waals surface area contributed by atoms with E-state index in [0.717, 1.165) is 19.6 Å². The first-order valence-corrected chi connectivity index (χ1v) is 9.06. The molecule has 0 aromatic carbocycles. The highest BCUT2D eigenvalue weighted by molar-refractivity contribution is 7.90. The number of rotatable bonds is 10. The van der Waals surface area contributed by atoms with Crippen LogP contribution in [0.4, 0.5) is 0 Å². The molecule has 0 aromatic rings. The fourth-order valence-electron chi connectivity index (χ4n) is 2.41. The first kappa shape index (κ1) is 15.9. The second-order valence-corrected chi connectivity index (χ2v) is 7.45. The van der Waals surface area contributed by atoms with Crippen molar-refractivity contribution in [1.29, 1.82) is 0 Å². The third-order valence-corrected chi connectivity index (χ3v) is 4.37. The van der Waals surface area contributed by atoms with E-state index in [2.05, 4.69) is 12.2 Å². The summed E-state index contributed by atoms with van der Waals surface area (Å²) < 4.78 is 28.2. The molecule has 0 radical (unpaired) electrons. The minimum Gasteiger partial charge on any atom is -0.377 e. The van der Waals surface area contributed by atoms with Gasteiger partial charge in [-0.3, -0.25) is 0 Å². The maximum Gasteiger partial charge on any atom is 0.147 e. The predicted octanol–water partition coefficient (Wildman–Crippen LogP) is 1.60. The fraction of sp³-hybridized carbons (Fsp3) is 1.00. The Hall–Kier alpha value is -0.130. The van der Waals surface area contributed by atoms with E-state index in [4.69, 9.17) is 4.74 Å². The second kappa shape index (κ2) is 7.46. The minimum absolute atomic E-state index is 0.259. The van der Waals surface area contributed by atoms with Crippen molar-refractivity contribution in [3.05, 3.63) is 0 Å². The molecule has 0 heterocycles. The van der Waals surface area contributed by atoms with Crippen LogP contribution in [0.2, 0.25) is 0 Å². The van der Waals surface area contributed by atoms with Gasteiger partial charge in [-0.05, 0) is 45.1 Å². The molecule has 5 heteroatoms. The summed E-state index contributed by atoms with van der Waals surface area (Å²) in [7, 11) is -2.85. The summed E-state index contributed by atoms with van der Waals surface area (Å²) >= 11 is 0. The summed E-state index contributed by atoms with van der Waals surface area (Å²) in [5.74, 6) is 0.950. The molecule has 1 rings (SSSR count). The Morgan fingerprint density at radius 1 is 1.33 bits per heavy atom. The standard InChI is InChI=1S/C13H27NO3S/c1-4-14-12(7-6-10-18(3,15)16)13(17-5-2)11-8-9-11/h11-14H,4-10H2,1-3H3. The third kappa shape index (κ3) is 6.16. The van der Waals surface area contributed by atoms with E-state index >= 15 is 0 Å². The molecule has 1 N–H and O–H groups in total. The molecule has 0 aliphatic heterocycles. The molecule has 108 valence electrons. The lowest BCUT2D eigenvalue weighted by Crippen LogP contribution is -2.43. The molecule has 0 aromatic heterocycles. The van der Waals surface area contributed by atoms with Crippen LogP contribution in [0.1, 0.15) is 39.5 Å². The summed E-state index contributed by atoms with van der Waals surface area (Å²) in [6.45, 7) is 5.74. The van der Waals surface area contributed by atoms with Crippen molar-refractivity contribution in [2.24, 2.45) is 5.92 Å². The molecular formula is C13H27NO3S. The number of likely N-dealkylation sites (N-methyl/N-ethyl adjacent to an activating group) is 1. The topological polar surface area (TPSA) is 55.4 Å². The molecule has 2 atom stereocenters. The zero-order valence-electron chi connectivity index (χ0n) is 11.8. The zero-order valence-corrected chi connectivity index (χ0v) is 12.6. The lowest BCUT2D eigenvalue weighted by molar-refractivity contribution is 0.0173. The van der Waals surface area contributed by atoms with E-state index in [1.54, 1.807) is 0 Å². The van der Waals surface area contributed by atoms with Gasteiger partial charge in [0.1, 0.15) is 9.84 Å². The van der Waals surface area contributed by atoms with Crippen LogP contribution in [-0.2, 0) is 14.6 Å². The largest absolute Gasteiger partial charge is 0.377 e. The second-order valence-electron chi connectivity index (χ2n) is 5.19. The molecule has 2 unspecified atom stereocenters. The van der Waals surface area contributed by atoms with Crippen LogP contribution in [0.25, 0.3) is 0 Å². The van der Waals surface area contributed by atoms with Crippen LogP contribution >= 0.6 is 0 Å². The molecule has 0 bridgehead atoms. The van der Waals surface area contributed by atoms with Crippen LogP contribution in [0.5, 0.6) is 0 Å². The maximum absolute atomic E-state index is 11.2. The van der Waals surface area contributed by atoms with Gasteiger partial charge in [0.2, 0.25) is 0 Å². The van der Waals surface area contributed by atoms with Crippen molar-refractivity contribution in [2.75, 3.05) is 25.2 Å². The Morgan fingerprint density at radius 2 is 2.00 bits per heavy atom. The minimum atomic E-state index is -2.85. The van der Waals surface area contributed by atoms with Crippen molar-refractivity contribution in [3.8, 4) is 0 Å². The Balaban J connectivity index is 2.45. The van der Waals surface area contributed by atoms with E-state index < -0.39 is 9.84 Å². The van der Waals surface area contributed by atoms with Crippen molar-refractivity contribution >= 4 is 9.84 Å². The average Bonchev–Trinajstić information content (AvgIpc) is 3.07. The number of ether oxygens (including phenoxy) is 1. The average molecular weight is 277 g/mol. The lowest BCUT2D eigenvalue weighted by atomic mass is 10.0. The van der Waals surface area contributed by atoms with Gasteiger partial charge in [0.25, 0.3) is 0 Å². The van der Waals surface area contributed by atoms with Gasteiger partial charge in [0, 0.05) is 24.7 Å². The van der Waals surface area contributed by atoms with Crippen LogP contribution in [0, 0.1) is 5.92 Å². The third-order valence-electron chi connectivity index (χ3n) is 3.34. The molecule has 0 amide bonds. The highest BCUT2D eigenvalue weighted by Crippen LogP contribution is 2.36. The molecule has 0 saturated heterocycles. The van der Waals surface area contributed by atoms with Crippen LogP contribution in [0.15, 0.2) is 0 Å². The van der Waals surface area contributed by atoms with Gasteiger partial charge in [-0.1, -0.05) is 6.92 Å². The number of hydrogen-bond acceptors (Lipinski definition) is 4. The normalized spacial score (nSPS) is 19.7. The zero-order chi connectivity index (χ0) is 13.6. The molecule has 4 nitrogen and oxygen atoms in total. The number of sulfone groups is 1. The van der Waals surface area contributed by atoms with Crippen LogP contribution < -0.4 is 5.32 Å². The molecule has 0 spiro atoms. The Labute approximate surface area is 111 Å². The van der Waals surface area contributed by atoms with E-state index in [-0.39, 0.29) is 11.9 Å². The number of nitrogens with one attached hydrogen (secondary N) is 1. The van der Waals surface area contributed by atoms with Gasteiger partial charge in [-0.15, -0.1) is 0 Å². The summed E-state index contributed by atoms with van der Waals surface area (Å²) in [6, 6.07) is 0.296. The summed E-state index contributed by atoms with van der Waals surface area (Å²) in [4.78, 5) is 0. The maximum atomic E-state index is 11.2. The van der Waals surface area contributed by atoms with Crippen LogP contribution in [-0.4, -0.2) is 45.7 Å². The highest BCUT2D eigenvalue weighted by Gasteiger charge is 2.36. The first-order chi connectivity index (χ1) is 8.48. The summed E-state index contributed by atoms with van der Waals surface area (Å²) in [6.07, 6.45) is 5.65. The number of hydrogen-bond donors (Lipinski definition) is 1. The van der Waals surface area contributed by atoms with Gasteiger partial charge in [0.15, 0.2) is 0 Å². The molecule has 18 heavy (non-hydrogen) atoms. The van der Waals surface area contributed by atoms with Crippen molar-refractivity contribution < 1.29 is 13.2 Å².